The van der Waals surface area contributed by atoms with E-state index in [2.05, 4.69) is 96.1 Å². The summed E-state index contributed by atoms with van der Waals surface area (Å²) in [5.74, 6) is 0. The number of rotatable bonds is 4. The van der Waals surface area contributed by atoms with Gasteiger partial charge in [-0.2, -0.15) is 47.0 Å². The predicted molar refractivity (Wildman–Crippen MR) is 184 cm³/mol. The molecule has 0 fully saturated rings. The Kier molecular flexibility index (Phi) is 15.6. The largest absolute Gasteiger partial charge is 1.00 e. The van der Waals surface area contributed by atoms with Gasteiger partial charge in [0.1, 0.15) is 0 Å². The SMILES string of the molecule is CCCc1cc(C(C)(C)C)c[cH-]1.Cc1[c-]c2c(cc1)-c1ccc(C)cc1C2.Clc1ccc([C](=[Zr+2])c2ccc(Cl)cc2)cc1.[Cl-].[Cl-]. The smallest absolute Gasteiger partial charge is 1.00 e. The van der Waals surface area contributed by atoms with Crippen LogP contribution in [0.25, 0.3) is 11.1 Å². The minimum Gasteiger partial charge on any atom is -1.00 e. The second kappa shape index (κ2) is 17.9. The van der Waals surface area contributed by atoms with E-state index in [9.17, 15) is 0 Å². The number of halogens is 4. The molecule has 5 aromatic carbocycles. The van der Waals surface area contributed by atoms with E-state index >= 15 is 0 Å². The fourth-order valence-electron chi connectivity index (χ4n) is 5.17. The standard InChI is InChI=1S/C15H13.C13H8Cl2.C12H19.2ClH.Zr/c1-10-3-5-14-12(7-10)9-13-8-11(2)4-6-15(13)14;14-12-5-1-10(2-6-12)9-11-3-7-13(15)8-4-11;1-5-6-10-7-8-11(9-10)12(2,3)4;;;/h3-7H,9H2,1-2H3;1-8H;7-9H,5-6H2,1-4H3;2*1H;/q-1;;-1;;;+2/p-2. The first-order valence-corrected chi connectivity index (χ1v) is 16.9. The van der Waals surface area contributed by atoms with Crippen molar-refractivity contribution >= 4 is 26.4 Å². The molecule has 0 unspecified atom stereocenters. The average molecular weight is 754 g/mol. The molecule has 6 rings (SSSR count). The van der Waals surface area contributed by atoms with Crippen LogP contribution < -0.4 is 24.8 Å². The number of fused-ring (bicyclic) bond motifs is 3. The van der Waals surface area contributed by atoms with Crippen molar-refractivity contribution in [3.8, 4) is 11.1 Å². The van der Waals surface area contributed by atoms with E-state index in [0.29, 0.717) is 5.41 Å². The third-order valence-electron chi connectivity index (χ3n) is 7.58. The maximum Gasteiger partial charge on any atom is -1.00 e. The summed E-state index contributed by atoms with van der Waals surface area (Å²) in [5, 5.41) is 1.53. The third-order valence-corrected chi connectivity index (χ3v) is 9.50. The van der Waals surface area contributed by atoms with Crippen LogP contribution in [0, 0.1) is 19.9 Å². The molecular formula is C40H40Cl4Zr-2. The van der Waals surface area contributed by atoms with E-state index in [1.165, 1.54) is 95.9 Å². The van der Waals surface area contributed by atoms with Crippen molar-refractivity contribution in [3.05, 3.63) is 158 Å². The molecule has 5 aromatic rings. The van der Waals surface area contributed by atoms with Crippen LogP contribution in [0.4, 0.5) is 0 Å². The van der Waals surface area contributed by atoms with Crippen LogP contribution in [0.2, 0.25) is 10.0 Å². The van der Waals surface area contributed by atoms with Crippen molar-refractivity contribution in [1.29, 1.82) is 0 Å². The van der Waals surface area contributed by atoms with Crippen LogP contribution in [-0.4, -0.2) is 3.21 Å². The van der Waals surface area contributed by atoms with Gasteiger partial charge in [0.05, 0.1) is 0 Å². The molecule has 0 saturated carbocycles. The quantitative estimate of drug-likeness (QED) is 0.211. The summed E-state index contributed by atoms with van der Waals surface area (Å²) in [6, 6.07) is 37.2. The normalized spacial score (nSPS) is 11.0. The predicted octanol–water partition coefficient (Wildman–Crippen LogP) is 5.45. The molecule has 234 valence electrons. The maximum atomic E-state index is 5.86. The monoisotopic (exact) mass is 750 g/mol. The van der Waals surface area contributed by atoms with E-state index in [4.69, 9.17) is 23.2 Å². The number of hydrogen-bond donors (Lipinski definition) is 0. The van der Waals surface area contributed by atoms with Crippen LogP contribution in [-0.2, 0) is 42.5 Å². The van der Waals surface area contributed by atoms with E-state index in [0.717, 1.165) is 16.5 Å². The minimum atomic E-state index is 0. The molecule has 0 spiro atoms. The fraction of sp³-hybridized carbons (Fsp3) is 0.250. The average Bonchev–Trinajstić information content (AvgIpc) is 3.58. The summed E-state index contributed by atoms with van der Waals surface area (Å²) in [6.45, 7) is 13.3. The van der Waals surface area contributed by atoms with E-state index in [1.54, 1.807) is 0 Å². The van der Waals surface area contributed by atoms with Gasteiger partial charge in [-0.3, -0.25) is 0 Å². The van der Waals surface area contributed by atoms with Gasteiger partial charge in [-0.05, 0) is 18.9 Å². The molecule has 0 heterocycles. The molecule has 0 atom stereocenters. The summed E-state index contributed by atoms with van der Waals surface area (Å²) < 4.78 is 1.31. The Hall–Kier alpha value is -1.86. The number of hydrogen-bond acceptors (Lipinski definition) is 0. The number of benzene rings is 4. The second-order valence-electron chi connectivity index (χ2n) is 12.3. The van der Waals surface area contributed by atoms with Crippen LogP contribution in [0.5, 0.6) is 0 Å². The Bertz CT molecular complexity index is 1580. The van der Waals surface area contributed by atoms with Crippen molar-refractivity contribution in [1.82, 2.24) is 0 Å². The minimum absolute atomic E-state index is 0. The second-order valence-corrected chi connectivity index (χ2v) is 14.4. The fourth-order valence-corrected chi connectivity index (χ4v) is 6.24. The Morgan fingerprint density at radius 1 is 0.800 bits per heavy atom. The molecule has 0 saturated heterocycles. The van der Waals surface area contributed by atoms with Gasteiger partial charge in [-0.1, -0.05) is 82.2 Å². The van der Waals surface area contributed by atoms with Crippen molar-refractivity contribution in [2.24, 2.45) is 0 Å². The van der Waals surface area contributed by atoms with Gasteiger partial charge in [0.25, 0.3) is 0 Å². The van der Waals surface area contributed by atoms with E-state index in [-0.39, 0.29) is 24.8 Å². The first kappa shape index (κ1) is 39.3. The summed E-state index contributed by atoms with van der Waals surface area (Å²) in [7, 11) is 0. The van der Waals surface area contributed by atoms with E-state index < -0.39 is 0 Å². The number of aryl methyl sites for hydroxylation is 3. The van der Waals surface area contributed by atoms with Crippen molar-refractivity contribution in [2.75, 3.05) is 0 Å². The molecule has 0 N–H and O–H groups in total. The molecular weight excluding hydrogens is 713 g/mol. The molecule has 0 nitrogen and oxygen atoms in total. The van der Waals surface area contributed by atoms with Crippen LogP contribution in [0.3, 0.4) is 0 Å². The molecule has 0 bridgehead atoms. The van der Waals surface area contributed by atoms with Gasteiger partial charge in [0.15, 0.2) is 0 Å². The van der Waals surface area contributed by atoms with Gasteiger partial charge in [0.2, 0.25) is 0 Å². The first-order chi connectivity index (χ1) is 20.4. The Morgan fingerprint density at radius 2 is 1.36 bits per heavy atom. The molecule has 1 aliphatic rings. The maximum absolute atomic E-state index is 5.86. The van der Waals surface area contributed by atoms with Crippen LogP contribution >= 0.6 is 23.2 Å². The first-order valence-electron chi connectivity index (χ1n) is 14.9. The van der Waals surface area contributed by atoms with Gasteiger partial charge in [-0.25, -0.2) is 6.07 Å². The van der Waals surface area contributed by atoms with Crippen molar-refractivity contribution < 1.29 is 49.0 Å². The van der Waals surface area contributed by atoms with Gasteiger partial charge < -0.3 is 24.8 Å². The Labute approximate surface area is 308 Å². The zero-order chi connectivity index (χ0) is 31.1. The summed E-state index contributed by atoms with van der Waals surface area (Å²) in [6.07, 6.45) is 3.51. The summed E-state index contributed by atoms with van der Waals surface area (Å²) in [5.41, 5.74) is 13.8. The molecule has 0 radical (unpaired) electrons. The van der Waals surface area contributed by atoms with Crippen LogP contribution in [0.15, 0.2) is 97.1 Å². The van der Waals surface area contributed by atoms with Gasteiger partial charge in [0, 0.05) is 0 Å². The van der Waals surface area contributed by atoms with Crippen molar-refractivity contribution in [2.45, 2.75) is 66.2 Å². The zero-order valence-corrected chi connectivity index (χ0v) is 32.4. The van der Waals surface area contributed by atoms with Crippen LogP contribution in [0.1, 0.15) is 78.6 Å². The van der Waals surface area contributed by atoms with Gasteiger partial charge in [-0.15, -0.1) is 11.1 Å². The molecule has 45 heavy (non-hydrogen) atoms. The summed E-state index contributed by atoms with van der Waals surface area (Å²) >= 11 is 13.1. The molecule has 5 heteroatoms. The van der Waals surface area contributed by atoms with E-state index in [1.807, 2.05) is 48.5 Å². The Balaban J connectivity index is 0.000000233. The molecule has 0 aromatic heterocycles. The molecule has 1 aliphatic carbocycles. The molecule has 0 amide bonds. The van der Waals surface area contributed by atoms with Gasteiger partial charge >= 0.3 is 120 Å². The summed E-state index contributed by atoms with van der Waals surface area (Å²) in [4.78, 5) is 0. The molecule has 0 aliphatic heterocycles. The van der Waals surface area contributed by atoms with Crippen molar-refractivity contribution in [3.63, 3.8) is 0 Å². The topological polar surface area (TPSA) is 0 Å². The Morgan fingerprint density at radius 3 is 1.87 bits per heavy atom. The third kappa shape index (κ3) is 11.1. The zero-order valence-electron chi connectivity index (χ0n) is 26.9.